The largest absolute Gasteiger partial charge is 0.330 e. The third-order valence-electron chi connectivity index (χ3n) is 2.33. The topological polar surface area (TPSA) is 26.0 Å². The average molecular weight is 269 g/mol. The van der Waals surface area contributed by atoms with E-state index in [9.17, 15) is 0 Å². The molecule has 0 spiro atoms. The van der Waals surface area contributed by atoms with Gasteiger partial charge >= 0.3 is 0 Å². The van der Waals surface area contributed by atoms with Crippen molar-refractivity contribution in [2.24, 2.45) is 17.6 Å². The number of halogens is 1. The van der Waals surface area contributed by atoms with Crippen molar-refractivity contribution in [3.63, 3.8) is 0 Å². The van der Waals surface area contributed by atoms with E-state index in [-0.39, 0.29) is 0 Å². The molecule has 0 aliphatic rings. The lowest BCUT2D eigenvalue weighted by molar-refractivity contribution is 0.388. The van der Waals surface area contributed by atoms with Gasteiger partial charge in [-0.05, 0) is 24.8 Å². The van der Waals surface area contributed by atoms with Gasteiger partial charge in [-0.3, -0.25) is 0 Å². The van der Waals surface area contributed by atoms with Crippen LogP contribution in [0.5, 0.6) is 0 Å². The van der Waals surface area contributed by atoms with E-state index in [2.05, 4.69) is 36.4 Å². The van der Waals surface area contributed by atoms with Crippen molar-refractivity contribution in [1.29, 1.82) is 0 Å². The summed E-state index contributed by atoms with van der Waals surface area (Å²) in [5, 5.41) is 0. The van der Waals surface area contributed by atoms with Gasteiger partial charge < -0.3 is 5.73 Å². The minimum Gasteiger partial charge on any atom is -0.330 e. The normalized spacial score (nSPS) is 16.4. The molecule has 0 aliphatic heterocycles. The van der Waals surface area contributed by atoms with Crippen LogP contribution in [-0.2, 0) is 0 Å². The molecule has 0 amide bonds. The summed E-state index contributed by atoms with van der Waals surface area (Å²) in [6, 6.07) is 0. The summed E-state index contributed by atoms with van der Waals surface area (Å²) in [5.41, 5.74) is 5.42. The highest BCUT2D eigenvalue weighted by Gasteiger charge is 2.09. The molecule has 68 valence electrons. The molecule has 11 heavy (non-hydrogen) atoms. The molecule has 2 N–H and O–H groups in total. The molecule has 2 heteroatoms. The minimum absolute atomic E-state index is 0.853. The van der Waals surface area contributed by atoms with Crippen LogP contribution in [0.4, 0.5) is 0 Å². The highest BCUT2D eigenvalue weighted by atomic mass is 127. The van der Waals surface area contributed by atoms with E-state index in [1.54, 1.807) is 0 Å². The van der Waals surface area contributed by atoms with Crippen molar-refractivity contribution < 1.29 is 0 Å². The smallest absolute Gasteiger partial charge is 0.00236 e. The van der Waals surface area contributed by atoms with Gasteiger partial charge in [0.1, 0.15) is 0 Å². The maximum absolute atomic E-state index is 5.42. The van der Waals surface area contributed by atoms with E-state index in [1.165, 1.54) is 23.7 Å². The molecule has 0 aliphatic carbocycles. The molecule has 1 unspecified atom stereocenters. The van der Waals surface area contributed by atoms with Gasteiger partial charge in [0.25, 0.3) is 0 Å². The fourth-order valence-corrected chi connectivity index (χ4v) is 1.92. The first-order valence-electron chi connectivity index (χ1n) is 4.48. The van der Waals surface area contributed by atoms with Gasteiger partial charge in [-0.25, -0.2) is 0 Å². The Morgan fingerprint density at radius 2 is 1.82 bits per heavy atom. The number of alkyl halides is 1. The van der Waals surface area contributed by atoms with Gasteiger partial charge in [-0.15, -0.1) is 0 Å². The summed E-state index contributed by atoms with van der Waals surface area (Å²) < 4.78 is 1.28. The fourth-order valence-electron chi connectivity index (χ4n) is 1.05. The highest BCUT2D eigenvalue weighted by molar-refractivity contribution is 14.1. The third-order valence-corrected chi connectivity index (χ3v) is 3.72. The summed E-state index contributed by atoms with van der Waals surface area (Å²) >= 11 is 2.47. The van der Waals surface area contributed by atoms with E-state index < -0.39 is 0 Å². The average Bonchev–Trinajstić information content (AvgIpc) is 2.03. The van der Waals surface area contributed by atoms with Crippen LogP contribution in [0.1, 0.15) is 33.1 Å². The van der Waals surface area contributed by atoms with Crippen molar-refractivity contribution in [3.8, 4) is 0 Å². The van der Waals surface area contributed by atoms with Crippen molar-refractivity contribution in [2.75, 3.05) is 11.0 Å². The number of nitrogens with two attached hydrogens (primary N) is 1. The van der Waals surface area contributed by atoms with Gasteiger partial charge in [0.05, 0.1) is 0 Å². The first-order valence-corrected chi connectivity index (χ1v) is 6.01. The molecule has 0 aromatic carbocycles. The molecule has 0 aromatic rings. The van der Waals surface area contributed by atoms with E-state index >= 15 is 0 Å². The van der Waals surface area contributed by atoms with Crippen LogP contribution < -0.4 is 5.73 Å². The maximum atomic E-state index is 5.42. The molecule has 0 saturated carbocycles. The number of unbranched alkanes of at least 4 members (excludes halogenated alkanes) is 1. The summed E-state index contributed by atoms with van der Waals surface area (Å²) in [6.07, 6.45) is 3.85. The van der Waals surface area contributed by atoms with Crippen LogP contribution in [0.25, 0.3) is 0 Å². The molecule has 0 radical (unpaired) electrons. The van der Waals surface area contributed by atoms with Gasteiger partial charge in [-0.1, -0.05) is 49.3 Å². The van der Waals surface area contributed by atoms with E-state index in [0.717, 1.165) is 18.4 Å². The second-order valence-corrected chi connectivity index (χ2v) is 4.27. The molecule has 0 saturated heterocycles. The Bertz CT molecular complexity index is 85.6. The fraction of sp³-hybridized carbons (Fsp3) is 1.00. The Balaban J connectivity index is 3.28. The molecule has 0 bridgehead atoms. The van der Waals surface area contributed by atoms with Gasteiger partial charge in [0.2, 0.25) is 0 Å². The Morgan fingerprint density at radius 3 is 2.27 bits per heavy atom. The monoisotopic (exact) mass is 269 g/mol. The Hall–Kier alpha value is 0.690. The van der Waals surface area contributed by atoms with Gasteiger partial charge in [-0.2, -0.15) is 0 Å². The van der Waals surface area contributed by atoms with Crippen LogP contribution in [-0.4, -0.2) is 11.0 Å². The highest BCUT2D eigenvalue weighted by Crippen LogP contribution is 2.19. The van der Waals surface area contributed by atoms with Crippen LogP contribution in [0, 0.1) is 11.8 Å². The molecule has 0 rings (SSSR count). The van der Waals surface area contributed by atoms with Crippen LogP contribution in [0.15, 0.2) is 0 Å². The van der Waals surface area contributed by atoms with E-state index in [0.29, 0.717) is 0 Å². The molecule has 1 nitrogen and oxygen atoms in total. The quantitative estimate of drug-likeness (QED) is 0.448. The first kappa shape index (κ1) is 11.7. The Labute approximate surface area is 84.3 Å². The second kappa shape index (κ2) is 7.35. The number of rotatable bonds is 6. The van der Waals surface area contributed by atoms with Gasteiger partial charge in [0, 0.05) is 4.43 Å². The molecular formula is C9H20IN. The van der Waals surface area contributed by atoms with Crippen LogP contribution in [0.3, 0.4) is 0 Å². The lowest BCUT2D eigenvalue weighted by atomic mass is 9.93. The zero-order chi connectivity index (χ0) is 8.69. The second-order valence-electron chi connectivity index (χ2n) is 3.39. The lowest BCUT2D eigenvalue weighted by Crippen LogP contribution is -2.09. The predicted molar refractivity (Wildman–Crippen MR) is 60.1 cm³/mol. The third kappa shape index (κ3) is 5.91. The minimum atomic E-state index is 0.853. The summed E-state index contributed by atoms with van der Waals surface area (Å²) in [4.78, 5) is 0. The maximum Gasteiger partial charge on any atom is 0.00236 e. The van der Waals surface area contributed by atoms with Crippen molar-refractivity contribution in [3.05, 3.63) is 0 Å². The predicted octanol–water partition coefficient (Wildman–Crippen LogP) is 2.82. The lowest BCUT2D eigenvalue weighted by Gasteiger charge is -2.16. The SMILES string of the molecule is CC(CCCCN)[C@H](C)CI. The van der Waals surface area contributed by atoms with Crippen molar-refractivity contribution >= 4 is 22.6 Å². The molecule has 2 atom stereocenters. The number of hydrogen-bond acceptors (Lipinski definition) is 1. The van der Waals surface area contributed by atoms with Crippen LogP contribution >= 0.6 is 22.6 Å². The summed E-state index contributed by atoms with van der Waals surface area (Å²) in [6.45, 7) is 5.53. The van der Waals surface area contributed by atoms with Crippen LogP contribution in [0.2, 0.25) is 0 Å². The van der Waals surface area contributed by atoms with Crippen molar-refractivity contribution in [1.82, 2.24) is 0 Å². The molecule has 0 fully saturated rings. The Morgan fingerprint density at radius 1 is 1.18 bits per heavy atom. The summed E-state index contributed by atoms with van der Waals surface area (Å²) in [5.74, 6) is 1.74. The van der Waals surface area contributed by atoms with E-state index in [1.807, 2.05) is 0 Å². The summed E-state index contributed by atoms with van der Waals surface area (Å²) in [7, 11) is 0. The number of hydrogen-bond donors (Lipinski definition) is 1. The van der Waals surface area contributed by atoms with Gasteiger partial charge in [0.15, 0.2) is 0 Å². The standard InChI is InChI=1S/C9H20IN/c1-8(9(2)7-10)5-3-4-6-11/h8-9H,3-7,11H2,1-2H3/t8?,9-/m1/s1. The molecule has 0 aromatic heterocycles. The Kier molecular flexibility index (Phi) is 7.81. The zero-order valence-electron chi connectivity index (χ0n) is 7.65. The zero-order valence-corrected chi connectivity index (χ0v) is 9.80. The van der Waals surface area contributed by atoms with E-state index in [4.69, 9.17) is 5.73 Å². The molecule has 0 heterocycles. The molecular weight excluding hydrogens is 249 g/mol. The first-order chi connectivity index (χ1) is 5.22. The van der Waals surface area contributed by atoms with Crippen molar-refractivity contribution in [2.45, 2.75) is 33.1 Å².